The third kappa shape index (κ3) is 3.53. The number of oxime groups is 1. The van der Waals surface area contributed by atoms with E-state index in [1.165, 1.54) is 0 Å². The summed E-state index contributed by atoms with van der Waals surface area (Å²) in [5, 5.41) is 8.28. The van der Waals surface area contributed by atoms with Crippen molar-refractivity contribution in [2.45, 2.75) is 26.0 Å². The van der Waals surface area contributed by atoms with Gasteiger partial charge in [-0.3, -0.25) is 0 Å². The van der Waals surface area contributed by atoms with Gasteiger partial charge in [0.15, 0.2) is 5.84 Å². The Kier molecular flexibility index (Phi) is 4.92. The molecule has 3 aromatic rings. The lowest BCUT2D eigenvalue weighted by Gasteiger charge is -2.29. The molecule has 0 saturated heterocycles. The summed E-state index contributed by atoms with van der Waals surface area (Å²) in [6.07, 6.45) is 3.48. The van der Waals surface area contributed by atoms with E-state index in [2.05, 4.69) is 20.4 Å². The number of benzene rings is 1. The monoisotopic (exact) mass is 397 g/mol. The van der Waals surface area contributed by atoms with Crippen LogP contribution in [0, 0.1) is 6.92 Å². The molecule has 0 fully saturated rings. The molecule has 1 N–H and O–H groups in total. The van der Waals surface area contributed by atoms with Gasteiger partial charge in [0.1, 0.15) is 17.5 Å². The molecule has 2 unspecified atom stereocenters. The molecule has 4 rings (SSSR count). The minimum atomic E-state index is -0.155. The fourth-order valence-electron chi connectivity index (χ4n) is 3.13. The fraction of sp³-hybridized carbons (Fsp3) is 0.250. The van der Waals surface area contributed by atoms with Crippen LogP contribution < -0.4 is 10.1 Å². The van der Waals surface area contributed by atoms with E-state index in [0.717, 1.165) is 16.9 Å². The highest BCUT2D eigenvalue weighted by atomic mass is 35.5. The number of methoxy groups -OCH3 is 1. The van der Waals surface area contributed by atoms with Gasteiger partial charge in [0.25, 0.3) is 0 Å². The van der Waals surface area contributed by atoms with Crippen molar-refractivity contribution in [2.75, 3.05) is 7.11 Å². The Labute approximate surface area is 168 Å². The Morgan fingerprint density at radius 1 is 1.25 bits per heavy atom. The summed E-state index contributed by atoms with van der Waals surface area (Å²) >= 11 is 6.15. The number of nitrogens with zero attached hydrogens (tertiary/aromatic N) is 4. The van der Waals surface area contributed by atoms with Crippen molar-refractivity contribution >= 4 is 17.4 Å². The summed E-state index contributed by atoms with van der Waals surface area (Å²) in [5.41, 5.74) is 3.35. The summed E-state index contributed by atoms with van der Waals surface area (Å²) in [4.78, 5) is 14.5. The molecule has 1 aromatic carbocycles. The van der Waals surface area contributed by atoms with Crippen LogP contribution in [0.3, 0.4) is 0 Å². The van der Waals surface area contributed by atoms with Crippen LogP contribution in [-0.2, 0) is 4.84 Å². The van der Waals surface area contributed by atoms with Crippen LogP contribution >= 0.6 is 11.6 Å². The molecule has 3 heterocycles. The molecule has 0 aliphatic carbocycles. The molecule has 2 aromatic heterocycles. The Morgan fingerprint density at radius 2 is 2.11 bits per heavy atom. The van der Waals surface area contributed by atoms with Gasteiger partial charge in [-0.2, -0.15) is 0 Å². The highest BCUT2D eigenvalue weighted by molar-refractivity contribution is 6.30. The number of aromatic nitrogens is 3. The van der Waals surface area contributed by atoms with Gasteiger partial charge in [0, 0.05) is 11.2 Å². The predicted molar refractivity (Wildman–Crippen MR) is 107 cm³/mol. The minimum absolute atomic E-state index is 0.102. The summed E-state index contributed by atoms with van der Waals surface area (Å²) < 4.78 is 7.36. The first-order chi connectivity index (χ1) is 13.5. The van der Waals surface area contributed by atoms with Crippen molar-refractivity contribution in [1.82, 2.24) is 19.9 Å². The normalized spacial score (nSPS) is 18.8. The molecule has 0 spiro atoms. The van der Waals surface area contributed by atoms with Gasteiger partial charge in [0.05, 0.1) is 25.2 Å². The molecule has 8 heteroatoms. The van der Waals surface area contributed by atoms with Crippen LogP contribution in [0.5, 0.6) is 5.88 Å². The lowest BCUT2D eigenvalue weighted by molar-refractivity contribution is 0.0342. The van der Waals surface area contributed by atoms with Gasteiger partial charge in [-0.1, -0.05) is 28.9 Å². The fourth-order valence-corrected chi connectivity index (χ4v) is 3.33. The lowest BCUT2D eigenvalue weighted by atomic mass is 10.0. The Hall–Kier alpha value is -3.06. The number of hydrogen-bond acceptors (Lipinski definition) is 6. The molecular weight excluding hydrogens is 378 g/mol. The van der Waals surface area contributed by atoms with Crippen molar-refractivity contribution in [3.05, 3.63) is 70.9 Å². The zero-order valence-electron chi connectivity index (χ0n) is 15.8. The molecule has 2 atom stereocenters. The quantitative estimate of drug-likeness (QED) is 0.727. The topological polar surface area (TPSA) is 73.6 Å². The van der Waals surface area contributed by atoms with Crippen LogP contribution in [0.15, 0.2) is 54.1 Å². The van der Waals surface area contributed by atoms with E-state index < -0.39 is 0 Å². The average molecular weight is 398 g/mol. The number of imidazole rings is 1. The van der Waals surface area contributed by atoms with E-state index in [4.69, 9.17) is 21.2 Å². The second-order valence-corrected chi connectivity index (χ2v) is 7.01. The summed E-state index contributed by atoms with van der Waals surface area (Å²) in [6.45, 7) is 3.89. The molecular formula is C20H20ClN5O2. The summed E-state index contributed by atoms with van der Waals surface area (Å²) in [5.74, 6) is 1.01. The lowest BCUT2D eigenvalue weighted by Crippen LogP contribution is -2.40. The number of amidine groups is 1. The SMILES string of the molecule is COc1nc(C2=NOC(C)C(c3cccc(Cl)c3)N2)ccc1-n1cnc(C)c1. The Morgan fingerprint density at radius 3 is 2.82 bits per heavy atom. The van der Waals surface area contributed by atoms with Crippen molar-refractivity contribution in [3.63, 3.8) is 0 Å². The second kappa shape index (κ2) is 7.52. The van der Waals surface area contributed by atoms with Crippen molar-refractivity contribution in [3.8, 4) is 11.6 Å². The molecule has 0 saturated carbocycles. The van der Waals surface area contributed by atoms with Gasteiger partial charge in [-0.05, 0) is 43.7 Å². The van der Waals surface area contributed by atoms with Gasteiger partial charge in [-0.25, -0.2) is 9.97 Å². The minimum Gasteiger partial charge on any atom is -0.479 e. The third-order valence-corrected chi connectivity index (χ3v) is 4.78. The third-order valence-electron chi connectivity index (χ3n) is 4.55. The first-order valence-electron chi connectivity index (χ1n) is 8.87. The molecule has 1 aliphatic rings. The summed E-state index contributed by atoms with van der Waals surface area (Å²) in [7, 11) is 1.59. The molecule has 1 aliphatic heterocycles. The molecule has 144 valence electrons. The van der Waals surface area contributed by atoms with Crippen molar-refractivity contribution < 1.29 is 9.57 Å². The van der Waals surface area contributed by atoms with Gasteiger partial charge in [-0.15, -0.1) is 0 Å². The molecule has 28 heavy (non-hydrogen) atoms. The first kappa shape index (κ1) is 18.3. The van der Waals surface area contributed by atoms with Crippen LogP contribution in [0.2, 0.25) is 5.02 Å². The number of pyridine rings is 1. The van der Waals surface area contributed by atoms with Gasteiger partial charge >= 0.3 is 0 Å². The van der Waals surface area contributed by atoms with Crippen LogP contribution in [0.25, 0.3) is 5.69 Å². The smallest absolute Gasteiger partial charge is 0.238 e. The zero-order valence-corrected chi connectivity index (χ0v) is 16.5. The summed E-state index contributed by atoms with van der Waals surface area (Å²) in [6, 6.07) is 11.4. The van der Waals surface area contributed by atoms with Crippen molar-refractivity contribution in [2.24, 2.45) is 5.16 Å². The number of halogens is 1. The standard InChI is InChI=1S/C20H20ClN5O2/c1-12-10-26(11-22-12)17-8-7-16(23-20(17)27-3)19-24-18(13(2)28-25-19)14-5-4-6-15(21)9-14/h4-11,13,18H,1-3H3,(H,24,25). The van der Waals surface area contributed by atoms with E-state index in [1.807, 2.05) is 61.0 Å². The highest BCUT2D eigenvalue weighted by Crippen LogP contribution is 2.27. The predicted octanol–water partition coefficient (Wildman–Crippen LogP) is 3.65. The van der Waals surface area contributed by atoms with E-state index in [0.29, 0.717) is 22.4 Å². The van der Waals surface area contributed by atoms with Gasteiger partial charge < -0.3 is 19.5 Å². The maximum Gasteiger partial charge on any atom is 0.238 e. The maximum absolute atomic E-state index is 6.15. The number of rotatable bonds is 4. The van der Waals surface area contributed by atoms with E-state index in [9.17, 15) is 0 Å². The molecule has 0 radical (unpaired) electrons. The van der Waals surface area contributed by atoms with Crippen molar-refractivity contribution in [1.29, 1.82) is 0 Å². The molecule has 7 nitrogen and oxygen atoms in total. The maximum atomic E-state index is 6.15. The van der Waals surface area contributed by atoms with E-state index in [-0.39, 0.29) is 12.1 Å². The molecule has 0 amide bonds. The number of ether oxygens (including phenoxy) is 1. The Balaban J connectivity index is 1.65. The largest absolute Gasteiger partial charge is 0.479 e. The zero-order chi connectivity index (χ0) is 19.7. The van der Waals surface area contributed by atoms with Gasteiger partial charge in [0.2, 0.25) is 5.88 Å². The second-order valence-electron chi connectivity index (χ2n) is 6.57. The number of hydrogen-bond donors (Lipinski definition) is 1. The molecule has 0 bridgehead atoms. The average Bonchev–Trinajstić information content (AvgIpc) is 3.14. The van der Waals surface area contributed by atoms with Crippen LogP contribution in [0.4, 0.5) is 0 Å². The number of nitrogens with one attached hydrogen (secondary N) is 1. The highest BCUT2D eigenvalue weighted by Gasteiger charge is 2.28. The first-order valence-corrected chi connectivity index (χ1v) is 9.25. The van der Waals surface area contributed by atoms with Crippen LogP contribution in [-0.4, -0.2) is 33.6 Å². The Bertz CT molecular complexity index is 1030. The number of aryl methyl sites for hydroxylation is 1. The van der Waals surface area contributed by atoms with E-state index in [1.54, 1.807) is 13.4 Å². The van der Waals surface area contributed by atoms with E-state index >= 15 is 0 Å². The van der Waals surface area contributed by atoms with Crippen LogP contribution in [0.1, 0.15) is 29.9 Å².